The van der Waals surface area contributed by atoms with E-state index in [0.717, 1.165) is 29.3 Å². The van der Waals surface area contributed by atoms with Crippen molar-refractivity contribution in [1.82, 2.24) is 15.6 Å². The maximum atomic E-state index is 12.3. The van der Waals surface area contributed by atoms with Gasteiger partial charge in [-0.15, -0.1) is 0 Å². The predicted molar refractivity (Wildman–Crippen MR) is 119 cm³/mol. The highest BCUT2D eigenvalue weighted by Gasteiger charge is 2.23. The van der Waals surface area contributed by atoms with E-state index in [2.05, 4.69) is 15.6 Å². The molecule has 3 N–H and O–H groups in total. The molecule has 31 heavy (non-hydrogen) atoms. The number of esters is 1. The van der Waals surface area contributed by atoms with Gasteiger partial charge in [-0.3, -0.25) is 4.79 Å². The van der Waals surface area contributed by atoms with Gasteiger partial charge in [0.25, 0.3) is 0 Å². The smallest absolute Gasteiger partial charge is 0.407 e. The highest BCUT2D eigenvalue weighted by atomic mass is 16.6. The molecule has 8 heteroatoms. The molecule has 2 amide bonds. The normalized spacial score (nSPS) is 12.3. The van der Waals surface area contributed by atoms with Crippen molar-refractivity contribution in [3.8, 4) is 0 Å². The van der Waals surface area contributed by atoms with Crippen molar-refractivity contribution in [3.63, 3.8) is 0 Å². The predicted octanol–water partition coefficient (Wildman–Crippen LogP) is 3.45. The lowest BCUT2D eigenvalue weighted by Crippen LogP contribution is -2.43. The summed E-state index contributed by atoms with van der Waals surface area (Å²) in [6.45, 7) is 5.92. The molecule has 0 saturated heterocycles. The van der Waals surface area contributed by atoms with Crippen LogP contribution >= 0.6 is 0 Å². The van der Waals surface area contributed by atoms with Crippen molar-refractivity contribution >= 4 is 28.9 Å². The number of amides is 2. The molecular formula is C23H33N3O5. The lowest BCUT2D eigenvalue weighted by molar-refractivity contribution is -0.145. The van der Waals surface area contributed by atoms with E-state index in [1.165, 1.54) is 7.11 Å². The van der Waals surface area contributed by atoms with Crippen molar-refractivity contribution < 1.29 is 23.9 Å². The summed E-state index contributed by atoms with van der Waals surface area (Å²) in [4.78, 5) is 39.3. The number of nitrogens with one attached hydrogen (secondary N) is 3. The van der Waals surface area contributed by atoms with Crippen LogP contribution in [0.1, 0.15) is 52.0 Å². The molecule has 0 saturated carbocycles. The molecule has 0 radical (unpaired) electrons. The van der Waals surface area contributed by atoms with E-state index in [0.29, 0.717) is 25.8 Å². The lowest BCUT2D eigenvalue weighted by atomic mass is 10.0. The van der Waals surface area contributed by atoms with Crippen LogP contribution in [0.5, 0.6) is 0 Å². The SMILES string of the molecule is COC(=O)C(Cc1c[nH]c2ccccc12)NC(=O)CCCCCNC(=O)OC(C)(C)C. The number of alkyl carbamates (subject to hydrolysis) is 1. The third-order valence-corrected chi connectivity index (χ3v) is 4.67. The first-order chi connectivity index (χ1) is 14.7. The second kappa shape index (κ2) is 11.4. The third-order valence-electron chi connectivity index (χ3n) is 4.67. The first-order valence-corrected chi connectivity index (χ1v) is 10.6. The van der Waals surface area contributed by atoms with Crippen LogP contribution in [-0.2, 0) is 25.5 Å². The number of aromatic amines is 1. The Morgan fingerprint density at radius 1 is 1.10 bits per heavy atom. The van der Waals surface area contributed by atoms with Crippen LogP contribution in [0.15, 0.2) is 30.5 Å². The van der Waals surface area contributed by atoms with E-state index in [1.54, 1.807) is 0 Å². The highest BCUT2D eigenvalue weighted by Crippen LogP contribution is 2.19. The van der Waals surface area contributed by atoms with E-state index in [9.17, 15) is 14.4 Å². The summed E-state index contributed by atoms with van der Waals surface area (Å²) < 4.78 is 10.0. The molecule has 2 aromatic rings. The molecule has 0 spiro atoms. The van der Waals surface area contributed by atoms with E-state index in [1.807, 2.05) is 51.2 Å². The van der Waals surface area contributed by atoms with Crippen LogP contribution in [0.4, 0.5) is 4.79 Å². The largest absolute Gasteiger partial charge is 0.467 e. The number of unbranched alkanes of at least 4 members (excludes halogenated alkanes) is 2. The number of benzene rings is 1. The molecule has 1 unspecified atom stereocenters. The molecule has 0 aliphatic rings. The zero-order chi connectivity index (χ0) is 22.9. The summed E-state index contributed by atoms with van der Waals surface area (Å²) in [5.74, 6) is -0.671. The Kier molecular flexibility index (Phi) is 8.90. The summed E-state index contributed by atoms with van der Waals surface area (Å²) in [6.07, 6.45) is 4.23. The van der Waals surface area contributed by atoms with Crippen molar-refractivity contribution in [2.75, 3.05) is 13.7 Å². The maximum Gasteiger partial charge on any atom is 0.407 e. The van der Waals surface area contributed by atoms with Gasteiger partial charge in [0.15, 0.2) is 0 Å². The standard InChI is InChI=1S/C23H33N3O5/c1-23(2,3)31-22(29)24-13-9-5-6-12-20(27)26-19(21(28)30-4)14-16-15-25-18-11-8-7-10-17(16)18/h7-8,10-11,15,19,25H,5-6,9,12-14H2,1-4H3,(H,24,29)(H,26,27). The van der Waals surface area contributed by atoms with Gasteiger partial charge in [0.2, 0.25) is 5.91 Å². The van der Waals surface area contributed by atoms with Crippen molar-refractivity contribution in [3.05, 3.63) is 36.0 Å². The topological polar surface area (TPSA) is 110 Å². The Morgan fingerprint density at radius 3 is 2.55 bits per heavy atom. The average Bonchev–Trinajstić information content (AvgIpc) is 3.11. The molecule has 0 bridgehead atoms. The van der Waals surface area contributed by atoms with Gasteiger partial charge in [0.05, 0.1) is 7.11 Å². The number of ether oxygens (including phenoxy) is 2. The number of carbonyl (C=O) groups excluding carboxylic acids is 3. The quantitative estimate of drug-likeness (QED) is 0.394. The zero-order valence-corrected chi connectivity index (χ0v) is 18.7. The van der Waals surface area contributed by atoms with Crippen LogP contribution < -0.4 is 10.6 Å². The molecular weight excluding hydrogens is 398 g/mol. The molecule has 8 nitrogen and oxygen atoms in total. The summed E-state index contributed by atoms with van der Waals surface area (Å²) in [5.41, 5.74) is 1.40. The highest BCUT2D eigenvalue weighted by molar-refractivity contribution is 5.87. The second-order valence-electron chi connectivity index (χ2n) is 8.45. The molecule has 1 atom stereocenters. The number of hydrogen-bond acceptors (Lipinski definition) is 5. The summed E-state index contributed by atoms with van der Waals surface area (Å²) >= 11 is 0. The van der Waals surface area contributed by atoms with Gasteiger partial charge in [-0.05, 0) is 45.2 Å². The number of para-hydroxylation sites is 1. The number of H-pyrrole nitrogens is 1. The molecule has 1 heterocycles. The van der Waals surface area contributed by atoms with Gasteiger partial charge >= 0.3 is 12.1 Å². The van der Waals surface area contributed by atoms with Gasteiger partial charge in [-0.25, -0.2) is 9.59 Å². The van der Waals surface area contributed by atoms with Crippen molar-refractivity contribution in [1.29, 1.82) is 0 Å². The fourth-order valence-corrected chi connectivity index (χ4v) is 3.21. The van der Waals surface area contributed by atoms with E-state index in [4.69, 9.17) is 9.47 Å². The molecule has 0 aliphatic heterocycles. The van der Waals surface area contributed by atoms with Crippen LogP contribution in [0.3, 0.4) is 0 Å². The summed E-state index contributed by atoms with van der Waals surface area (Å²) in [6, 6.07) is 7.06. The first kappa shape index (κ1) is 24.2. The van der Waals surface area contributed by atoms with E-state index >= 15 is 0 Å². The summed E-state index contributed by atoms with van der Waals surface area (Å²) in [7, 11) is 1.31. The molecule has 2 rings (SSSR count). The number of hydrogen-bond donors (Lipinski definition) is 3. The Labute approximate surface area is 183 Å². The van der Waals surface area contributed by atoms with E-state index < -0.39 is 23.7 Å². The van der Waals surface area contributed by atoms with Crippen molar-refractivity contribution in [2.45, 2.75) is 64.5 Å². The molecule has 1 aromatic carbocycles. The Hall–Kier alpha value is -3.03. The fraction of sp³-hybridized carbons (Fsp3) is 0.522. The van der Waals surface area contributed by atoms with Gasteiger partial charge < -0.3 is 25.1 Å². The minimum atomic E-state index is -0.745. The molecule has 0 fully saturated rings. The second-order valence-corrected chi connectivity index (χ2v) is 8.45. The zero-order valence-electron chi connectivity index (χ0n) is 18.7. The fourth-order valence-electron chi connectivity index (χ4n) is 3.21. The van der Waals surface area contributed by atoms with Crippen LogP contribution in [-0.4, -0.2) is 48.3 Å². The monoisotopic (exact) mass is 431 g/mol. The number of methoxy groups -OCH3 is 1. The summed E-state index contributed by atoms with van der Waals surface area (Å²) in [5, 5.41) is 6.50. The van der Waals surface area contributed by atoms with E-state index in [-0.39, 0.29) is 5.91 Å². The van der Waals surface area contributed by atoms with Gasteiger partial charge in [0, 0.05) is 36.5 Å². The molecule has 170 valence electrons. The molecule has 1 aromatic heterocycles. The maximum absolute atomic E-state index is 12.3. The molecule has 0 aliphatic carbocycles. The van der Waals surface area contributed by atoms with Crippen LogP contribution in [0, 0.1) is 0 Å². The van der Waals surface area contributed by atoms with Crippen molar-refractivity contribution in [2.24, 2.45) is 0 Å². The van der Waals surface area contributed by atoms with Gasteiger partial charge in [0.1, 0.15) is 11.6 Å². The Balaban J connectivity index is 1.75. The minimum absolute atomic E-state index is 0.199. The van der Waals surface area contributed by atoms with Crippen LogP contribution in [0.2, 0.25) is 0 Å². The lowest BCUT2D eigenvalue weighted by Gasteiger charge is -2.19. The van der Waals surface area contributed by atoms with Gasteiger partial charge in [-0.1, -0.05) is 24.6 Å². The number of carbonyl (C=O) groups is 3. The number of fused-ring (bicyclic) bond motifs is 1. The Morgan fingerprint density at radius 2 is 1.84 bits per heavy atom. The average molecular weight is 432 g/mol. The Bertz CT molecular complexity index is 885. The number of rotatable bonds is 10. The minimum Gasteiger partial charge on any atom is -0.467 e. The third kappa shape index (κ3) is 8.32. The van der Waals surface area contributed by atoms with Crippen LogP contribution in [0.25, 0.3) is 10.9 Å². The first-order valence-electron chi connectivity index (χ1n) is 10.6. The number of aromatic nitrogens is 1. The van der Waals surface area contributed by atoms with Gasteiger partial charge in [-0.2, -0.15) is 0 Å².